The van der Waals surface area contributed by atoms with Crippen LogP contribution in [-0.4, -0.2) is 30.7 Å². The molecule has 0 amide bonds. The topological polar surface area (TPSA) is 38.7 Å². The van der Waals surface area contributed by atoms with Crippen LogP contribution in [0.25, 0.3) is 0 Å². The molecule has 2 aliphatic rings. The number of ether oxygens (including phenoxy) is 2. The first kappa shape index (κ1) is 12.3. The zero-order chi connectivity index (χ0) is 11.2. The molecule has 1 unspecified atom stereocenters. The average Bonchev–Trinajstić information content (AvgIpc) is 2.38. The summed E-state index contributed by atoms with van der Waals surface area (Å²) in [5.41, 5.74) is 0. The highest BCUT2D eigenvalue weighted by Gasteiger charge is 2.23. The van der Waals surface area contributed by atoms with Gasteiger partial charge in [-0.3, -0.25) is 0 Å². The van der Waals surface area contributed by atoms with Crippen LogP contribution in [0.5, 0.6) is 0 Å². The lowest BCUT2D eigenvalue weighted by Crippen LogP contribution is -2.31. The maximum absolute atomic E-state index is 10.0. The average molecular weight is 228 g/mol. The highest BCUT2D eigenvalue weighted by atomic mass is 16.7. The Bertz CT molecular complexity index is 184. The van der Waals surface area contributed by atoms with E-state index in [2.05, 4.69) is 0 Å². The van der Waals surface area contributed by atoms with Gasteiger partial charge in [-0.2, -0.15) is 0 Å². The Kier molecular flexibility index (Phi) is 5.07. The van der Waals surface area contributed by atoms with E-state index in [9.17, 15) is 5.11 Å². The highest BCUT2D eigenvalue weighted by molar-refractivity contribution is 4.73. The van der Waals surface area contributed by atoms with Crippen molar-refractivity contribution in [3.8, 4) is 0 Å². The molecule has 0 radical (unpaired) electrons. The second-order valence-electron chi connectivity index (χ2n) is 5.09. The predicted octanol–water partition coefficient (Wildman–Crippen LogP) is 2.47. The normalized spacial score (nSPS) is 30.2. The van der Waals surface area contributed by atoms with Crippen LogP contribution in [0.1, 0.15) is 51.4 Å². The van der Waals surface area contributed by atoms with E-state index < -0.39 is 0 Å². The summed E-state index contributed by atoms with van der Waals surface area (Å²) >= 11 is 0. The fourth-order valence-electron chi connectivity index (χ4n) is 2.70. The lowest BCUT2D eigenvalue weighted by Gasteiger charge is -2.29. The van der Waals surface area contributed by atoms with Crippen LogP contribution in [0.15, 0.2) is 0 Å². The van der Waals surface area contributed by atoms with Gasteiger partial charge in [-0.25, -0.2) is 0 Å². The fraction of sp³-hybridized carbons (Fsp3) is 1.00. The van der Waals surface area contributed by atoms with Gasteiger partial charge in [0, 0.05) is 6.61 Å². The van der Waals surface area contributed by atoms with E-state index in [4.69, 9.17) is 9.47 Å². The smallest absolute Gasteiger partial charge is 0.157 e. The molecular weight excluding hydrogens is 204 g/mol. The third kappa shape index (κ3) is 3.72. The Morgan fingerprint density at radius 3 is 2.50 bits per heavy atom. The molecule has 0 aromatic heterocycles. The second kappa shape index (κ2) is 6.58. The lowest BCUT2D eigenvalue weighted by molar-refractivity contribution is -0.180. The van der Waals surface area contributed by atoms with E-state index in [1.807, 2.05) is 0 Å². The standard InChI is InChI=1S/C13H24O3/c14-12(11-6-2-1-3-7-11)10-16-13-8-4-5-9-15-13/h11-14H,1-10H2/t12-,13?/m1/s1. The van der Waals surface area contributed by atoms with E-state index in [1.165, 1.54) is 25.7 Å². The van der Waals surface area contributed by atoms with Gasteiger partial charge in [-0.15, -0.1) is 0 Å². The summed E-state index contributed by atoms with van der Waals surface area (Å²) in [5, 5.41) is 10.0. The molecule has 0 aromatic carbocycles. The van der Waals surface area contributed by atoms with Gasteiger partial charge in [-0.1, -0.05) is 19.3 Å². The maximum Gasteiger partial charge on any atom is 0.157 e. The van der Waals surface area contributed by atoms with Crippen molar-refractivity contribution in [3.63, 3.8) is 0 Å². The maximum atomic E-state index is 10.0. The summed E-state index contributed by atoms with van der Waals surface area (Å²) in [5.74, 6) is 0.456. The monoisotopic (exact) mass is 228 g/mol. The predicted molar refractivity (Wildman–Crippen MR) is 62.1 cm³/mol. The molecule has 1 aliphatic carbocycles. The van der Waals surface area contributed by atoms with Crippen LogP contribution in [0.2, 0.25) is 0 Å². The summed E-state index contributed by atoms with van der Waals surface area (Å²) in [6, 6.07) is 0. The quantitative estimate of drug-likeness (QED) is 0.803. The van der Waals surface area contributed by atoms with Gasteiger partial charge in [0.25, 0.3) is 0 Å². The van der Waals surface area contributed by atoms with Crippen LogP contribution < -0.4 is 0 Å². The van der Waals surface area contributed by atoms with Crippen molar-refractivity contribution >= 4 is 0 Å². The van der Waals surface area contributed by atoms with Crippen molar-refractivity contribution in [3.05, 3.63) is 0 Å². The van der Waals surface area contributed by atoms with Gasteiger partial charge in [0.1, 0.15) is 0 Å². The first-order valence-electron chi connectivity index (χ1n) is 6.77. The summed E-state index contributed by atoms with van der Waals surface area (Å²) in [6.07, 6.45) is 9.15. The van der Waals surface area contributed by atoms with Crippen molar-refractivity contribution in [1.29, 1.82) is 0 Å². The first-order chi connectivity index (χ1) is 7.86. The van der Waals surface area contributed by atoms with Crippen LogP contribution in [0.3, 0.4) is 0 Å². The molecule has 1 saturated carbocycles. The van der Waals surface area contributed by atoms with Crippen molar-refractivity contribution < 1.29 is 14.6 Å². The first-order valence-corrected chi connectivity index (χ1v) is 6.77. The minimum atomic E-state index is -0.286. The number of rotatable bonds is 4. The van der Waals surface area contributed by atoms with E-state index in [-0.39, 0.29) is 12.4 Å². The number of aliphatic hydroxyl groups is 1. The van der Waals surface area contributed by atoms with E-state index in [1.54, 1.807) is 0 Å². The minimum absolute atomic E-state index is 0.0630. The zero-order valence-corrected chi connectivity index (χ0v) is 10.1. The molecule has 3 nitrogen and oxygen atoms in total. The third-order valence-electron chi connectivity index (χ3n) is 3.78. The molecule has 1 heterocycles. The number of hydrogen-bond acceptors (Lipinski definition) is 3. The Hall–Kier alpha value is -0.120. The van der Waals surface area contributed by atoms with E-state index in [0.29, 0.717) is 12.5 Å². The molecular formula is C13H24O3. The van der Waals surface area contributed by atoms with E-state index in [0.717, 1.165) is 32.3 Å². The molecule has 1 N–H and O–H groups in total. The molecule has 16 heavy (non-hydrogen) atoms. The van der Waals surface area contributed by atoms with Crippen LogP contribution in [0, 0.1) is 5.92 Å². The largest absolute Gasteiger partial charge is 0.390 e. The Balaban J connectivity index is 1.63. The third-order valence-corrected chi connectivity index (χ3v) is 3.78. The molecule has 1 saturated heterocycles. The molecule has 0 bridgehead atoms. The molecule has 1 aliphatic heterocycles. The Labute approximate surface area is 98.1 Å². The van der Waals surface area contributed by atoms with Crippen molar-refractivity contribution in [2.45, 2.75) is 63.8 Å². The summed E-state index contributed by atoms with van der Waals surface area (Å²) in [7, 11) is 0. The summed E-state index contributed by atoms with van der Waals surface area (Å²) < 4.78 is 11.1. The van der Waals surface area contributed by atoms with Gasteiger partial charge in [0.2, 0.25) is 0 Å². The van der Waals surface area contributed by atoms with Gasteiger partial charge in [0.15, 0.2) is 6.29 Å². The fourth-order valence-corrected chi connectivity index (χ4v) is 2.70. The summed E-state index contributed by atoms with van der Waals surface area (Å²) in [6.45, 7) is 1.26. The minimum Gasteiger partial charge on any atom is -0.390 e. The molecule has 0 aromatic rings. The van der Waals surface area contributed by atoms with Crippen molar-refractivity contribution in [2.24, 2.45) is 5.92 Å². The molecule has 3 heteroatoms. The second-order valence-corrected chi connectivity index (χ2v) is 5.09. The molecule has 0 spiro atoms. The SMILES string of the molecule is O[C@H](COC1CCCCO1)C1CCCCC1. The van der Waals surface area contributed by atoms with Crippen LogP contribution in [-0.2, 0) is 9.47 Å². The lowest BCUT2D eigenvalue weighted by atomic mass is 9.85. The van der Waals surface area contributed by atoms with Crippen molar-refractivity contribution in [2.75, 3.05) is 13.2 Å². The van der Waals surface area contributed by atoms with Crippen molar-refractivity contribution in [1.82, 2.24) is 0 Å². The van der Waals surface area contributed by atoms with E-state index >= 15 is 0 Å². The zero-order valence-electron chi connectivity index (χ0n) is 10.1. The van der Waals surface area contributed by atoms with Crippen LogP contribution in [0.4, 0.5) is 0 Å². The molecule has 2 fully saturated rings. The van der Waals surface area contributed by atoms with Crippen LogP contribution >= 0.6 is 0 Å². The van der Waals surface area contributed by atoms with Gasteiger partial charge in [0.05, 0.1) is 12.7 Å². The highest BCUT2D eigenvalue weighted by Crippen LogP contribution is 2.27. The Morgan fingerprint density at radius 1 is 1.06 bits per heavy atom. The molecule has 2 rings (SSSR count). The number of hydrogen-bond donors (Lipinski definition) is 1. The van der Waals surface area contributed by atoms with Gasteiger partial charge >= 0.3 is 0 Å². The number of aliphatic hydroxyl groups excluding tert-OH is 1. The van der Waals surface area contributed by atoms with Gasteiger partial charge in [-0.05, 0) is 38.0 Å². The summed E-state index contributed by atoms with van der Waals surface area (Å²) in [4.78, 5) is 0. The molecule has 94 valence electrons. The molecule has 2 atom stereocenters. The Morgan fingerprint density at radius 2 is 1.81 bits per heavy atom. The van der Waals surface area contributed by atoms with Gasteiger partial charge < -0.3 is 14.6 Å².